The van der Waals surface area contributed by atoms with E-state index in [2.05, 4.69) is 10.6 Å². The molecule has 0 heterocycles. The molecule has 0 aliphatic heterocycles. The van der Waals surface area contributed by atoms with Crippen LogP contribution in [0, 0.1) is 5.41 Å². The van der Waals surface area contributed by atoms with Crippen molar-refractivity contribution < 1.29 is 9.90 Å². The number of nitrogens with one attached hydrogen (secondary N) is 2. The Kier molecular flexibility index (Phi) is 6.65. The minimum atomic E-state index is -0.164. The van der Waals surface area contributed by atoms with Gasteiger partial charge in [0.25, 0.3) is 0 Å². The van der Waals surface area contributed by atoms with Crippen molar-refractivity contribution in [2.45, 2.75) is 58.4 Å². The molecule has 106 valence electrons. The average molecular weight is 256 g/mol. The fraction of sp³-hybridized carbons (Fsp3) is 0.929. The van der Waals surface area contributed by atoms with Gasteiger partial charge in [0, 0.05) is 24.6 Å². The van der Waals surface area contributed by atoms with Gasteiger partial charge in [-0.25, -0.2) is 0 Å². The monoisotopic (exact) mass is 256 g/mol. The smallest absolute Gasteiger partial charge is 0.234 e. The van der Waals surface area contributed by atoms with Gasteiger partial charge in [-0.05, 0) is 12.8 Å². The van der Waals surface area contributed by atoms with Crippen LogP contribution in [0.2, 0.25) is 0 Å². The summed E-state index contributed by atoms with van der Waals surface area (Å²) in [5.74, 6) is 0.0793. The van der Waals surface area contributed by atoms with Crippen molar-refractivity contribution in [3.05, 3.63) is 0 Å². The molecule has 0 aromatic rings. The Balaban J connectivity index is 2.16. The van der Waals surface area contributed by atoms with Crippen molar-refractivity contribution in [1.82, 2.24) is 10.6 Å². The van der Waals surface area contributed by atoms with Gasteiger partial charge in [-0.3, -0.25) is 4.79 Å². The number of amides is 1. The van der Waals surface area contributed by atoms with Gasteiger partial charge in [0.15, 0.2) is 0 Å². The maximum Gasteiger partial charge on any atom is 0.234 e. The van der Waals surface area contributed by atoms with Crippen LogP contribution < -0.4 is 10.6 Å². The molecule has 0 aromatic heterocycles. The number of hydrogen-bond donors (Lipinski definition) is 3. The first kappa shape index (κ1) is 15.4. The standard InChI is InChI=1S/C14H28N2O2/c1-14(2,11-17)10-15-9-13(18)16-12-7-5-3-4-6-8-12/h12,15,17H,3-11H2,1-2H3,(H,16,18). The molecule has 1 amide bonds. The number of aliphatic hydroxyl groups excluding tert-OH is 1. The summed E-state index contributed by atoms with van der Waals surface area (Å²) < 4.78 is 0. The molecule has 3 N–H and O–H groups in total. The summed E-state index contributed by atoms with van der Waals surface area (Å²) in [6.45, 7) is 5.08. The van der Waals surface area contributed by atoms with Crippen molar-refractivity contribution in [1.29, 1.82) is 0 Å². The zero-order valence-electron chi connectivity index (χ0n) is 11.8. The van der Waals surface area contributed by atoms with E-state index in [1.54, 1.807) is 0 Å². The number of carbonyl (C=O) groups is 1. The third-order valence-corrected chi connectivity index (χ3v) is 3.54. The van der Waals surface area contributed by atoms with Crippen LogP contribution in [0.4, 0.5) is 0 Å². The highest BCUT2D eigenvalue weighted by Crippen LogP contribution is 2.17. The molecule has 1 aliphatic carbocycles. The fourth-order valence-electron chi connectivity index (χ4n) is 2.27. The lowest BCUT2D eigenvalue weighted by Crippen LogP contribution is -2.42. The Morgan fingerprint density at radius 1 is 1.22 bits per heavy atom. The Hall–Kier alpha value is -0.610. The molecule has 0 bridgehead atoms. The van der Waals surface area contributed by atoms with Crippen molar-refractivity contribution in [2.24, 2.45) is 5.41 Å². The predicted octanol–water partition coefficient (Wildman–Crippen LogP) is 1.43. The highest BCUT2D eigenvalue weighted by molar-refractivity contribution is 5.78. The third-order valence-electron chi connectivity index (χ3n) is 3.54. The third kappa shape index (κ3) is 6.36. The van der Waals surface area contributed by atoms with Crippen molar-refractivity contribution in [2.75, 3.05) is 19.7 Å². The minimum absolute atomic E-state index is 0.0793. The molecular formula is C14H28N2O2. The Bertz CT molecular complexity index is 246. The highest BCUT2D eigenvalue weighted by Gasteiger charge is 2.17. The maximum absolute atomic E-state index is 11.8. The molecule has 4 heteroatoms. The Morgan fingerprint density at radius 3 is 2.39 bits per heavy atom. The molecule has 0 spiro atoms. The molecule has 1 rings (SSSR count). The van der Waals surface area contributed by atoms with Gasteiger partial charge < -0.3 is 15.7 Å². The molecule has 0 saturated heterocycles. The second-order valence-corrected chi connectivity index (χ2v) is 6.18. The minimum Gasteiger partial charge on any atom is -0.396 e. The van der Waals surface area contributed by atoms with E-state index in [9.17, 15) is 4.79 Å². The second kappa shape index (κ2) is 7.74. The lowest BCUT2D eigenvalue weighted by molar-refractivity contribution is -0.121. The summed E-state index contributed by atoms with van der Waals surface area (Å²) in [5, 5.41) is 15.3. The summed E-state index contributed by atoms with van der Waals surface area (Å²) >= 11 is 0. The normalized spacial score (nSPS) is 18.4. The van der Waals surface area contributed by atoms with E-state index in [0.29, 0.717) is 19.1 Å². The van der Waals surface area contributed by atoms with Crippen LogP contribution in [0.3, 0.4) is 0 Å². The van der Waals surface area contributed by atoms with E-state index >= 15 is 0 Å². The number of aliphatic hydroxyl groups is 1. The average Bonchev–Trinajstić information content (AvgIpc) is 2.57. The first-order valence-electron chi connectivity index (χ1n) is 7.14. The number of rotatable bonds is 6. The van der Waals surface area contributed by atoms with Gasteiger partial charge in [0.1, 0.15) is 0 Å². The van der Waals surface area contributed by atoms with Crippen LogP contribution in [-0.4, -0.2) is 36.8 Å². The van der Waals surface area contributed by atoms with Crippen LogP contribution >= 0.6 is 0 Å². The molecule has 4 nitrogen and oxygen atoms in total. The summed E-state index contributed by atoms with van der Waals surface area (Å²) in [5.41, 5.74) is -0.164. The SMILES string of the molecule is CC(C)(CO)CNCC(=O)NC1CCCCCC1. The van der Waals surface area contributed by atoms with Gasteiger partial charge in [-0.1, -0.05) is 39.5 Å². The van der Waals surface area contributed by atoms with Crippen LogP contribution in [0.1, 0.15) is 52.4 Å². The first-order chi connectivity index (χ1) is 8.53. The zero-order valence-corrected chi connectivity index (χ0v) is 11.8. The summed E-state index contributed by atoms with van der Waals surface area (Å²) in [6.07, 6.45) is 7.30. The van der Waals surface area contributed by atoms with E-state index in [-0.39, 0.29) is 17.9 Å². The Morgan fingerprint density at radius 2 is 1.83 bits per heavy atom. The maximum atomic E-state index is 11.8. The molecule has 1 aliphatic rings. The van der Waals surface area contributed by atoms with Crippen molar-refractivity contribution in [3.8, 4) is 0 Å². The quantitative estimate of drug-likeness (QED) is 0.630. The van der Waals surface area contributed by atoms with Gasteiger partial charge in [0.2, 0.25) is 5.91 Å². The highest BCUT2D eigenvalue weighted by atomic mass is 16.3. The van der Waals surface area contributed by atoms with Gasteiger partial charge >= 0.3 is 0 Å². The largest absolute Gasteiger partial charge is 0.396 e. The van der Waals surface area contributed by atoms with E-state index in [0.717, 1.165) is 12.8 Å². The summed E-state index contributed by atoms with van der Waals surface area (Å²) in [4.78, 5) is 11.8. The number of carbonyl (C=O) groups excluding carboxylic acids is 1. The summed E-state index contributed by atoms with van der Waals surface area (Å²) in [6, 6.07) is 0.368. The zero-order chi connectivity index (χ0) is 13.4. The first-order valence-corrected chi connectivity index (χ1v) is 7.14. The molecule has 1 fully saturated rings. The van der Waals surface area contributed by atoms with Gasteiger partial charge in [-0.2, -0.15) is 0 Å². The van der Waals surface area contributed by atoms with Gasteiger partial charge in [0.05, 0.1) is 6.54 Å². The van der Waals surface area contributed by atoms with Crippen molar-refractivity contribution >= 4 is 5.91 Å². The molecule has 0 atom stereocenters. The summed E-state index contributed by atoms with van der Waals surface area (Å²) in [7, 11) is 0. The topological polar surface area (TPSA) is 61.4 Å². The Labute approximate surface area is 111 Å². The molecule has 18 heavy (non-hydrogen) atoms. The van der Waals surface area contributed by atoms with Crippen LogP contribution in [0.5, 0.6) is 0 Å². The molecule has 0 aromatic carbocycles. The van der Waals surface area contributed by atoms with E-state index < -0.39 is 0 Å². The van der Waals surface area contributed by atoms with E-state index in [4.69, 9.17) is 5.11 Å². The van der Waals surface area contributed by atoms with E-state index in [1.165, 1.54) is 25.7 Å². The molecule has 0 radical (unpaired) electrons. The lowest BCUT2D eigenvalue weighted by Gasteiger charge is -2.22. The molecule has 0 unspecified atom stereocenters. The van der Waals surface area contributed by atoms with Crippen LogP contribution in [0.15, 0.2) is 0 Å². The molecular weight excluding hydrogens is 228 g/mol. The van der Waals surface area contributed by atoms with Crippen LogP contribution in [-0.2, 0) is 4.79 Å². The predicted molar refractivity (Wildman–Crippen MR) is 73.4 cm³/mol. The van der Waals surface area contributed by atoms with Gasteiger partial charge in [-0.15, -0.1) is 0 Å². The second-order valence-electron chi connectivity index (χ2n) is 6.18. The fourth-order valence-corrected chi connectivity index (χ4v) is 2.27. The van der Waals surface area contributed by atoms with E-state index in [1.807, 2.05) is 13.8 Å². The molecule has 1 saturated carbocycles. The lowest BCUT2D eigenvalue weighted by atomic mass is 9.95. The van der Waals surface area contributed by atoms with Crippen molar-refractivity contribution in [3.63, 3.8) is 0 Å². The number of hydrogen-bond acceptors (Lipinski definition) is 3. The van der Waals surface area contributed by atoms with Crippen LogP contribution in [0.25, 0.3) is 0 Å².